The van der Waals surface area contributed by atoms with Crippen molar-refractivity contribution in [1.29, 1.82) is 0 Å². The molecule has 0 bridgehead atoms. The summed E-state index contributed by atoms with van der Waals surface area (Å²) >= 11 is 0. The van der Waals surface area contributed by atoms with Crippen LogP contribution in [0.25, 0.3) is 0 Å². The molecule has 0 aliphatic carbocycles. The largest absolute Gasteiger partial charge is 0.313 e. The van der Waals surface area contributed by atoms with E-state index in [0.29, 0.717) is 0 Å². The van der Waals surface area contributed by atoms with Crippen LogP contribution in [0.15, 0.2) is 0 Å². The standard InChI is InChI=1S/C17H33N3/c1-15-5-8-18-16(13-15)14-19-11-6-17(7-12-19)20-9-3-2-4-10-20/h15-18H,2-14H2,1H3. The lowest BCUT2D eigenvalue weighted by Gasteiger charge is -2.41. The van der Waals surface area contributed by atoms with Crippen LogP contribution in [-0.4, -0.2) is 61.2 Å². The summed E-state index contributed by atoms with van der Waals surface area (Å²) in [5.41, 5.74) is 0. The normalized spacial score (nSPS) is 35.2. The number of piperidine rings is 3. The Bertz CT molecular complexity index is 280. The number of likely N-dealkylation sites (tertiary alicyclic amines) is 2. The smallest absolute Gasteiger partial charge is 0.0197 e. The lowest BCUT2D eigenvalue weighted by Crippen LogP contribution is -2.51. The molecule has 3 aliphatic rings. The first-order chi connectivity index (χ1) is 9.81. The molecule has 3 rings (SSSR count). The third-order valence-electron chi connectivity index (χ3n) is 5.70. The molecule has 0 amide bonds. The third-order valence-corrected chi connectivity index (χ3v) is 5.70. The van der Waals surface area contributed by atoms with Crippen molar-refractivity contribution in [2.24, 2.45) is 5.92 Å². The topological polar surface area (TPSA) is 18.5 Å². The van der Waals surface area contributed by atoms with E-state index in [2.05, 4.69) is 22.0 Å². The zero-order valence-corrected chi connectivity index (χ0v) is 13.3. The summed E-state index contributed by atoms with van der Waals surface area (Å²) in [6.07, 6.45) is 9.89. The lowest BCUT2D eigenvalue weighted by atomic mass is 9.93. The lowest BCUT2D eigenvalue weighted by molar-refractivity contribution is 0.0846. The van der Waals surface area contributed by atoms with Crippen LogP contribution >= 0.6 is 0 Å². The van der Waals surface area contributed by atoms with Gasteiger partial charge in [0.15, 0.2) is 0 Å². The van der Waals surface area contributed by atoms with Gasteiger partial charge in [0.2, 0.25) is 0 Å². The maximum Gasteiger partial charge on any atom is 0.0197 e. The fourth-order valence-electron chi connectivity index (χ4n) is 4.42. The Labute approximate surface area is 125 Å². The first kappa shape index (κ1) is 14.8. The molecule has 0 aromatic carbocycles. The van der Waals surface area contributed by atoms with E-state index in [-0.39, 0.29) is 0 Å². The molecule has 1 N–H and O–H groups in total. The first-order valence-corrected chi connectivity index (χ1v) is 9.01. The molecule has 0 aromatic rings. The Balaban J connectivity index is 1.39. The molecule has 116 valence electrons. The molecule has 0 aromatic heterocycles. The molecule has 3 saturated heterocycles. The number of nitrogens with one attached hydrogen (secondary N) is 1. The highest BCUT2D eigenvalue weighted by atomic mass is 15.2. The fourth-order valence-corrected chi connectivity index (χ4v) is 4.42. The summed E-state index contributed by atoms with van der Waals surface area (Å²) in [5.74, 6) is 0.923. The van der Waals surface area contributed by atoms with Crippen LogP contribution in [0.5, 0.6) is 0 Å². The van der Waals surface area contributed by atoms with E-state index >= 15 is 0 Å². The van der Waals surface area contributed by atoms with Gasteiger partial charge in [-0.05, 0) is 77.2 Å². The maximum absolute atomic E-state index is 3.72. The van der Waals surface area contributed by atoms with E-state index in [9.17, 15) is 0 Å². The van der Waals surface area contributed by atoms with Crippen molar-refractivity contribution in [1.82, 2.24) is 15.1 Å². The molecule has 2 atom stereocenters. The summed E-state index contributed by atoms with van der Waals surface area (Å²) in [5, 5.41) is 3.72. The second-order valence-electron chi connectivity index (χ2n) is 7.41. The van der Waals surface area contributed by atoms with Gasteiger partial charge in [0.25, 0.3) is 0 Å². The SMILES string of the molecule is CC1CCNC(CN2CCC(N3CCCCC3)CC2)C1. The quantitative estimate of drug-likeness (QED) is 0.855. The van der Waals surface area contributed by atoms with Gasteiger partial charge in [0.1, 0.15) is 0 Å². The fraction of sp³-hybridized carbons (Fsp3) is 1.00. The number of nitrogens with zero attached hydrogens (tertiary/aromatic N) is 2. The van der Waals surface area contributed by atoms with Crippen LogP contribution in [0, 0.1) is 5.92 Å². The van der Waals surface area contributed by atoms with E-state index in [1.54, 1.807) is 0 Å². The molecule has 3 heteroatoms. The average Bonchev–Trinajstić information content (AvgIpc) is 2.49. The minimum absolute atomic E-state index is 0.755. The van der Waals surface area contributed by atoms with Crippen LogP contribution in [-0.2, 0) is 0 Å². The van der Waals surface area contributed by atoms with Crippen LogP contribution in [0.1, 0.15) is 51.9 Å². The first-order valence-electron chi connectivity index (χ1n) is 9.01. The van der Waals surface area contributed by atoms with Crippen molar-refractivity contribution in [3.8, 4) is 0 Å². The van der Waals surface area contributed by atoms with Gasteiger partial charge in [-0.15, -0.1) is 0 Å². The third kappa shape index (κ3) is 3.96. The van der Waals surface area contributed by atoms with Gasteiger partial charge in [-0.3, -0.25) is 0 Å². The highest BCUT2D eigenvalue weighted by Gasteiger charge is 2.27. The molecular weight excluding hydrogens is 246 g/mol. The molecule has 0 saturated carbocycles. The van der Waals surface area contributed by atoms with Gasteiger partial charge in [0, 0.05) is 18.6 Å². The molecular formula is C17H33N3. The van der Waals surface area contributed by atoms with E-state index in [1.807, 2.05) is 0 Å². The van der Waals surface area contributed by atoms with Crippen molar-refractivity contribution in [2.45, 2.75) is 64.0 Å². The summed E-state index contributed by atoms with van der Waals surface area (Å²) in [7, 11) is 0. The van der Waals surface area contributed by atoms with Crippen molar-refractivity contribution in [3.63, 3.8) is 0 Å². The zero-order chi connectivity index (χ0) is 13.8. The van der Waals surface area contributed by atoms with Crippen molar-refractivity contribution >= 4 is 0 Å². The van der Waals surface area contributed by atoms with Crippen LogP contribution < -0.4 is 5.32 Å². The second kappa shape index (κ2) is 7.24. The minimum atomic E-state index is 0.755. The van der Waals surface area contributed by atoms with Gasteiger partial charge in [-0.2, -0.15) is 0 Å². The van der Waals surface area contributed by atoms with E-state index in [0.717, 1.165) is 18.0 Å². The molecule has 0 radical (unpaired) electrons. The Morgan fingerprint density at radius 1 is 0.950 bits per heavy atom. The Morgan fingerprint density at radius 2 is 1.70 bits per heavy atom. The van der Waals surface area contributed by atoms with Crippen molar-refractivity contribution < 1.29 is 0 Å². The molecule has 3 nitrogen and oxygen atoms in total. The van der Waals surface area contributed by atoms with E-state index in [4.69, 9.17) is 0 Å². The highest BCUT2D eigenvalue weighted by molar-refractivity contribution is 4.85. The Morgan fingerprint density at radius 3 is 2.40 bits per heavy atom. The minimum Gasteiger partial charge on any atom is -0.313 e. The summed E-state index contributed by atoms with van der Waals surface area (Å²) in [4.78, 5) is 5.50. The molecule has 20 heavy (non-hydrogen) atoms. The van der Waals surface area contributed by atoms with Gasteiger partial charge in [-0.25, -0.2) is 0 Å². The monoisotopic (exact) mass is 279 g/mol. The molecule has 3 aliphatic heterocycles. The molecule has 2 unspecified atom stereocenters. The molecule has 3 fully saturated rings. The second-order valence-corrected chi connectivity index (χ2v) is 7.41. The van der Waals surface area contributed by atoms with E-state index < -0.39 is 0 Å². The van der Waals surface area contributed by atoms with Crippen molar-refractivity contribution in [3.05, 3.63) is 0 Å². The predicted octanol–water partition coefficient (Wildman–Crippen LogP) is 2.32. The van der Waals surface area contributed by atoms with Crippen LogP contribution in [0.2, 0.25) is 0 Å². The number of hydrogen-bond donors (Lipinski definition) is 1. The van der Waals surface area contributed by atoms with Crippen LogP contribution in [0.4, 0.5) is 0 Å². The Hall–Kier alpha value is -0.120. The number of rotatable bonds is 3. The predicted molar refractivity (Wildman–Crippen MR) is 85.1 cm³/mol. The summed E-state index contributed by atoms with van der Waals surface area (Å²) in [6, 6.07) is 1.65. The van der Waals surface area contributed by atoms with Gasteiger partial charge in [0.05, 0.1) is 0 Å². The number of hydrogen-bond acceptors (Lipinski definition) is 3. The van der Waals surface area contributed by atoms with Crippen LogP contribution in [0.3, 0.4) is 0 Å². The average molecular weight is 279 g/mol. The highest BCUT2D eigenvalue weighted by Crippen LogP contribution is 2.22. The van der Waals surface area contributed by atoms with E-state index in [1.165, 1.54) is 84.2 Å². The Kier molecular flexibility index (Phi) is 5.36. The van der Waals surface area contributed by atoms with Gasteiger partial charge >= 0.3 is 0 Å². The summed E-state index contributed by atoms with van der Waals surface area (Å²) in [6.45, 7) is 10.3. The molecule has 3 heterocycles. The van der Waals surface area contributed by atoms with Gasteiger partial charge < -0.3 is 15.1 Å². The maximum atomic E-state index is 3.72. The van der Waals surface area contributed by atoms with Gasteiger partial charge in [-0.1, -0.05) is 13.3 Å². The molecule has 0 spiro atoms. The van der Waals surface area contributed by atoms with Crippen molar-refractivity contribution in [2.75, 3.05) is 39.3 Å². The summed E-state index contributed by atoms with van der Waals surface area (Å²) < 4.78 is 0. The zero-order valence-electron chi connectivity index (χ0n) is 13.3.